The highest BCUT2D eigenvalue weighted by Gasteiger charge is 2.19. The summed E-state index contributed by atoms with van der Waals surface area (Å²) >= 11 is 0. The molecule has 2 aromatic rings. The highest BCUT2D eigenvalue weighted by Crippen LogP contribution is 2.30. The summed E-state index contributed by atoms with van der Waals surface area (Å²) in [5, 5.41) is 0. The second-order valence-corrected chi connectivity index (χ2v) is 5.31. The number of carbonyl (C=O) groups is 1. The number of hydrogen-bond acceptors (Lipinski definition) is 4. The highest BCUT2D eigenvalue weighted by atomic mass is 16.5. The summed E-state index contributed by atoms with van der Waals surface area (Å²) in [4.78, 5) is 16.8. The van der Waals surface area contributed by atoms with Crippen LogP contribution in [0.3, 0.4) is 0 Å². The molecule has 0 N–H and O–H groups in total. The van der Waals surface area contributed by atoms with Crippen molar-refractivity contribution in [3.8, 4) is 11.5 Å². The third kappa shape index (κ3) is 4.31. The van der Waals surface area contributed by atoms with Crippen LogP contribution in [0.15, 0.2) is 42.7 Å². The average molecular weight is 313 g/mol. The Labute approximate surface area is 137 Å². The smallest absolute Gasteiger partial charge is 0.167 e. The van der Waals surface area contributed by atoms with Crippen LogP contribution < -0.4 is 9.47 Å². The second-order valence-electron chi connectivity index (χ2n) is 5.31. The van der Waals surface area contributed by atoms with E-state index >= 15 is 0 Å². The van der Waals surface area contributed by atoms with Crippen molar-refractivity contribution >= 4 is 5.78 Å². The molecule has 4 heteroatoms. The summed E-state index contributed by atoms with van der Waals surface area (Å²) in [6, 6.07) is 9.29. The molecule has 1 aromatic carbocycles. The van der Waals surface area contributed by atoms with E-state index < -0.39 is 0 Å². The minimum Gasteiger partial charge on any atom is -0.497 e. The number of ether oxygens (including phenoxy) is 2. The minimum absolute atomic E-state index is 0.0831. The van der Waals surface area contributed by atoms with E-state index in [0.717, 1.165) is 12.0 Å². The molecular weight excluding hydrogens is 290 g/mol. The lowest BCUT2D eigenvalue weighted by Gasteiger charge is -2.16. The summed E-state index contributed by atoms with van der Waals surface area (Å²) in [5.74, 6) is 1.54. The predicted octanol–water partition coefficient (Wildman–Crippen LogP) is 4.26. The number of carbonyl (C=O) groups excluding carboxylic acids is 1. The highest BCUT2D eigenvalue weighted by molar-refractivity contribution is 5.99. The fraction of sp³-hybridized carbons (Fsp3) is 0.368. The maximum Gasteiger partial charge on any atom is 0.167 e. The molecule has 1 heterocycles. The lowest BCUT2D eigenvalue weighted by molar-refractivity contribution is 0.0969. The van der Waals surface area contributed by atoms with Crippen LogP contribution in [0.4, 0.5) is 0 Å². The molecule has 0 aliphatic carbocycles. The van der Waals surface area contributed by atoms with Crippen LogP contribution in [-0.4, -0.2) is 24.5 Å². The molecule has 0 saturated carbocycles. The van der Waals surface area contributed by atoms with Gasteiger partial charge in [0.25, 0.3) is 0 Å². The molecule has 4 nitrogen and oxygen atoms in total. The third-order valence-electron chi connectivity index (χ3n) is 3.89. The van der Waals surface area contributed by atoms with E-state index in [9.17, 15) is 4.79 Å². The standard InChI is InChI=1S/C19H23NO3/c1-4-14(15-8-10-20-11-9-15)12-18(21)17-7-6-16(22-3)13-19(17)23-5-2/h6-11,13-14H,4-5,12H2,1-3H3. The fourth-order valence-electron chi connectivity index (χ4n) is 2.60. The van der Waals surface area contributed by atoms with Crippen molar-refractivity contribution in [1.82, 2.24) is 4.98 Å². The Morgan fingerprint density at radius 1 is 1.17 bits per heavy atom. The molecule has 1 unspecified atom stereocenters. The first kappa shape index (κ1) is 17.0. The van der Waals surface area contributed by atoms with Crippen molar-refractivity contribution < 1.29 is 14.3 Å². The maximum atomic E-state index is 12.7. The van der Waals surface area contributed by atoms with Gasteiger partial charge in [0.2, 0.25) is 0 Å². The van der Waals surface area contributed by atoms with Crippen molar-refractivity contribution in [2.24, 2.45) is 0 Å². The zero-order valence-electron chi connectivity index (χ0n) is 13.9. The first-order valence-electron chi connectivity index (χ1n) is 7.93. The van der Waals surface area contributed by atoms with Gasteiger partial charge in [-0.25, -0.2) is 0 Å². The molecule has 2 rings (SSSR count). The largest absolute Gasteiger partial charge is 0.497 e. The molecule has 0 bridgehead atoms. The van der Waals surface area contributed by atoms with Gasteiger partial charge in [0.05, 0.1) is 19.3 Å². The van der Waals surface area contributed by atoms with Gasteiger partial charge in [-0.15, -0.1) is 0 Å². The van der Waals surface area contributed by atoms with Gasteiger partial charge in [0, 0.05) is 24.9 Å². The van der Waals surface area contributed by atoms with Gasteiger partial charge < -0.3 is 9.47 Å². The Balaban J connectivity index is 2.22. The number of ketones is 1. The monoisotopic (exact) mass is 313 g/mol. The van der Waals surface area contributed by atoms with E-state index in [1.54, 1.807) is 37.7 Å². The normalized spacial score (nSPS) is 11.8. The van der Waals surface area contributed by atoms with Gasteiger partial charge in [0.1, 0.15) is 11.5 Å². The number of aromatic nitrogens is 1. The molecule has 0 amide bonds. The zero-order valence-corrected chi connectivity index (χ0v) is 13.9. The molecule has 122 valence electrons. The minimum atomic E-state index is 0.0831. The van der Waals surface area contributed by atoms with Crippen LogP contribution in [0.25, 0.3) is 0 Å². The molecule has 0 aliphatic heterocycles. The lowest BCUT2D eigenvalue weighted by atomic mass is 9.90. The molecule has 1 aromatic heterocycles. The van der Waals surface area contributed by atoms with Crippen molar-refractivity contribution in [3.63, 3.8) is 0 Å². The van der Waals surface area contributed by atoms with Gasteiger partial charge in [-0.05, 0) is 49.1 Å². The molecule has 0 aliphatic rings. The van der Waals surface area contributed by atoms with Gasteiger partial charge in [0.15, 0.2) is 5.78 Å². The number of methoxy groups -OCH3 is 1. The van der Waals surface area contributed by atoms with E-state index in [0.29, 0.717) is 30.1 Å². The van der Waals surface area contributed by atoms with Crippen molar-refractivity contribution in [2.45, 2.75) is 32.6 Å². The molecule has 0 fully saturated rings. The predicted molar refractivity (Wildman–Crippen MR) is 90.4 cm³/mol. The van der Waals surface area contributed by atoms with E-state index in [1.165, 1.54) is 0 Å². The van der Waals surface area contributed by atoms with Gasteiger partial charge in [-0.2, -0.15) is 0 Å². The summed E-state index contributed by atoms with van der Waals surface area (Å²) < 4.78 is 10.8. The topological polar surface area (TPSA) is 48.4 Å². The average Bonchev–Trinajstić information content (AvgIpc) is 2.60. The number of pyridine rings is 1. The Bertz CT molecular complexity index is 640. The van der Waals surface area contributed by atoms with E-state index in [1.807, 2.05) is 19.1 Å². The zero-order chi connectivity index (χ0) is 16.7. The Hall–Kier alpha value is -2.36. The summed E-state index contributed by atoms with van der Waals surface area (Å²) in [6.07, 6.45) is 4.88. The van der Waals surface area contributed by atoms with Crippen LogP contribution in [0.5, 0.6) is 11.5 Å². The Morgan fingerprint density at radius 3 is 2.52 bits per heavy atom. The van der Waals surface area contributed by atoms with Crippen LogP contribution >= 0.6 is 0 Å². The van der Waals surface area contributed by atoms with Gasteiger partial charge >= 0.3 is 0 Å². The van der Waals surface area contributed by atoms with Crippen LogP contribution in [0.1, 0.15) is 48.5 Å². The van der Waals surface area contributed by atoms with E-state index in [-0.39, 0.29) is 11.7 Å². The van der Waals surface area contributed by atoms with Gasteiger partial charge in [-0.3, -0.25) is 9.78 Å². The molecule has 0 saturated heterocycles. The first-order chi connectivity index (χ1) is 11.2. The number of hydrogen-bond donors (Lipinski definition) is 0. The van der Waals surface area contributed by atoms with Crippen molar-refractivity contribution in [1.29, 1.82) is 0 Å². The SMILES string of the molecule is CCOc1cc(OC)ccc1C(=O)CC(CC)c1ccncc1. The Morgan fingerprint density at radius 2 is 1.91 bits per heavy atom. The number of Topliss-reactive ketones (excluding diaryl/α,β-unsaturated/α-hetero) is 1. The number of benzene rings is 1. The lowest BCUT2D eigenvalue weighted by Crippen LogP contribution is -2.09. The summed E-state index contributed by atoms with van der Waals surface area (Å²) in [5.41, 5.74) is 1.75. The molecule has 1 atom stereocenters. The quantitative estimate of drug-likeness (QED) is 0.683. The molecule has 0 radical (unpaired) electrons. The fourth-order valence-corrected chi connectivity index (χ4v) is 2.60. The Kier molecular flexibility index (Phi) is 6.15. The molecule has 0 spiro atoms. The van der Waals surface area contributed by atoms with E-state index in [4.69, 9.17) is 9.47 Å². The second kappa shape index (κ2) is 8.32. The van der Waals surface area contributed by atoms with Crippen LogP contribution in [0.2, 0.25) is 0 Å². The van der Waals surface area contributed by atoms with E-state index in [2.05, 4.69) is 11.9 Å². The van der Waals surface area contributed by atoms with Crippen LogP contribution in [0, 0.1) is 0 Å². The summed E-state index contributed by atoms with van der Waals surface area (Å²) in [7, 11) is 1.60. The molecule has 23 heavy (non-hydrogen) atoms. The van der Waals surface area contributed by atoms with Crippen molar-refractivity contribution in [3.05, 3.63) is 53.9 Å². The number of rotatable bonds is 8. The van der Waals surface area contributed by atoms with Crippen LogP contribution in [-0.2, 0) is 0 Å². The summed E-state index contributed by atoms with van der Waals surface area (Å²) in [6.45, 7) is 4.50. The molecular formula is C19H23NO3. The third-order valence-corrected chi connectivity index (χ3v) is 3.89. The first-order valence-corrected chi connectivity index (χ1v) is 7.93. The van der Waals surface area contributed by atoms with Crippen molar-refractivity contribution in [2.75, 3.05) is 13.7 Å². The maximum absolute atomic E-state index is 12.7. The van der Waals surface area contributed by atoms with Gasteiger partial charge in [-0.1, -0.05) is 6.92 Å². The number of nitrogens with zero attached hydrogens (tertiary/aromatic N) is 1.